The van der Waals surface area contributed by atoms with Crippen molar-refractivity contribution in [2.45, 2.75) is 6.54 Å². The van der Waals surface area contributed by atoms with Gasteiger partial charge in [-0.1, -0.05) is 12.1 Å². The summed E-state index contributed by atoms with van der Waals surface area (Å²) < 4.78 is 5.52. The molecule has 0 spiro atoms. The molecule has 0 atom stereocenters. The molecule has 0 aliphatic rings. The van der Waals surface area contributed by atoms with Crippen LogP contribution in [0.15, 0.2) is 36.5 Å². The van der Waals surface area contributed by atoms with E-state index in [1.54, 1.807) is 6.07 Å². The molecule has 5 nitrogen and oxygen atoms in total. The molecule has 0 amide bonds. The zero-order chi connectivity index (χ0) is 12.8. The van der Waals surface area contributed by atoms with Crippen LogP contribution < -0.4 is 10.1 Å². The third-order valence-corrected chi connectivity index (χ3v) is 2.33. The molecule has 18 heavy (non-hydrogen) atoms. The van der Waals surface area contributed by atoms with Crippen LogP contribution in [-0.4, -0.2) is 17.2 Å². The second kappa shape index (κ2) is 5.75. The quantitative estimate of drug-likeness (QED) is 0.883. The zero-order valence-corrected chi connectivity index (χ0v) is 9.92. The average molecular weight is 240 g/mol. The molecule has 5 heteroatoms. The molecule has 1 N–H and O–H groups in total. The first-order valence-corrected chi connectivity index (χ1v) is 5.46. The lowest BCUT2D eigenvalue weighted by molar-refractivity contribution is 0.453. The van der Waals surface area contributed by atoms with E-state index in [2.05, 4.69) is 15.5 Å². The highest BCUT2D eigenvalue weighted by atomic mass is 16.5. The van der Waals surface area contributed by atoms with Gasteiger partial charge in [-0.05, 0) is 30.8 Å². The molecule has 0 unspecified atom stereocenters. The molecule has 0 fully saturated rings. The number of rotatable bonds is 4. The van der Waals surface area contributed by atoms with Crippen LogP contribution >= 0.6 is 0 Å². The summed E-state index contributed by atoms with van der Waals surface area (Å²) in [6.45, 7) is 0.800. The van der Waals surface area contributed by atoms with Crippen LogP contribution in [0.1, 0.15) is 11.1 Å². The molecule has 1 aromatic carbocycles. The van der Waals surface area contributed by atoms with Crippen LogP contribution in [0.4, 0.5) is 0 Å². The summed E-state index contributed by atoms with van der Waals surface area (Å²) in [5.41, 5.74) is 1.52. The normalized spacial score (nSPS) is 9.78. The fourth-order valence-electron chi connectivity index (χ4n) is 1.47. The average Bonchev–Trinajstić information content (AvgIpc) is 2.42. The summed E-state index contributed by atoms with van der Waals surface area (Å²) >= 11 is 0. The lowest BCUT2D eigenvalue weighted by Crippen LogP contribution is -2.04. The maximum absolute atomic E-state index is 8.90. The molecule has 0 radical (unpaired) electrons. The van der Waals surface area contributed by atoms with Crippen molar-refractivity contribution in [2.75, 3.05) is 7.05 Å². The predicted molar refractivity (Wildman–Crippen MR) is 66.0 cm³/mol. The van der Waals surface area contributed by atoms with E-state index in [9.17, 15) is 0 Å². The molecule has 0 aliphatic carbocycles. The molecule has 0 saturated carbocycles. The van der Waals surface area contributed by atoms with Gasteiger partial charge in [-0.25, -0.2) is 0 Å². The molecular formula is C13H12N4O. The van der Waals surface area contributed by atoms with E-state index < -0.39 is 0 Å². The maximum Gasteiger partial charge on any atom is 0.256 e. The predicted octanol–water partition coefficient (Wildman–Crippen LogP) is 1.86. The lowest BCUT2D eigenvalue weighted by atomic mass is 10.2. The van der Waals surface area contributed by atoms with E-state index in [0.717, 1.165) is 12.1 Å². The Hall–Kier alpha value is -2.45. The maximum atomic E-state index is 8.90. The fraction of sp³-hybridized carbons (Fsp3) is 0.154. The van der Waals surface area contributed by atoms with E-state index in [1.165, 1.54) is 6.20 Å². The van der Waals surface area contributed by atoms with Crippen molar-refractivity contribution in [3.05, 3.63) is 47.7 Å². The van der Waals surface area contributed by atoms with Gasteiger partial charge in [0.15, 0.2) is 0 Å². The minimum absolute atomic E-state index is 0.223. The summed E-state index contributed by atoms with van der Waals surface area (Å²) in [4.78, 5) is 0. The van der Waals surface area contributed by atoms with Crippen LogP contribution in [0.25, 0.3) is 0 Å². The molecule has 2 rings (SSSR count). The Morgan fingerprint density at radius 2 is 2.06 bits per heavy atom. The van der Waals surface area contributed by atoms with Crippen molar-refractivity contribution < 1.29 is 4.74 Å². The Labute approximate surface area is 105 Å². The first-order valence-electron chi connectivity index (χ1n) is 5.46. The molecule has 90 valence electrons. The number of aromatic nitrogens is 2. The summed E-state index contributed by atoms with van der Waals surface area (Å²) in [5, 5.41) is 19.5. The van der Waals surface area contributed by atoms with Gasteiger partial charge in [0, 0.05) is 6.54 Å². The number of hydrogen-bond acceptors (Lipinski definition) is 5. The summed E-state index contributed by atoms with van der Waals surface area (Å²) in [6, 6.07) is 11.2. The number of hydrogen-bond donors (Lipinski definition) is 1. The Morgan fingerprint density at radius 1 is 1.28 bits per heavy atom. The smallest absolute Gasteiger partial charge is 0.256 e. The van der Waals surface area contributed by atoms with Crippen LogP contribution in [0.3, 0.4) is 0 Å². The molecule has 0 bridgehead atoms. The van der Waals surface area contributed by atoms with Crippen LogP contribution in [0, 0.1) is 11.3 Å². The fourth-order valence-corrected chi connectivity index (χ4v) is 1.47. The summed E-state index contributed by atoms with van der Waals surface area (Å²) in [7, 11) is 1.89. The third-order valence-electron chi connectivity index (χ3n) is 2.33. The van der Waals surface area contributed by atoms with Gasteiger partial charge >= 0.3 is 0 Å². The van der Waals surface area contributed by atoms with Gasteiger partial charge in [0.25, 0.3) is 5.88 Å². The Kier molecular flexibility index (Phi) is 3.84. The summed E-state index contributed by atoms with van der Waals surface area (Å²) in [6.07, 6.45) is 1.46. The molecule has 1 heterocycles. The van der Waals surface area contributed by atoms with Crippen molar-refractivity contribution in [1.29, 1.82) is 5.26 Å². The van der Waals surface area contributed by atoms with E-state index in [1.807, 2.05) is 37.4 Å². The van der Waals surface area contributed by atoms with Crippen LogP contribution in [-0.2, 0) is 6.54 Å². The molecule has 0 aliphatic heterocycles. The number of nitrogens with one attached hydrogen (secondary N) is 1. The van der Waals surface area contributed by atoms with Gasteiger partial charge in [0.1, 0.15) is 17.4 Å². The molecule has 2 aromatic rings. The van der Waals surface area contributed by atoms with Gasteiger partial charge in [0.05, 0.1) is 6.20 Å². The first-order chi connectivity index (χ1) is 8.83. The number of benzene rings is 1. The topological polar surface area (TPSA) is 70.8 Å². The minimum atomic E-state index is 0.223. The Bertz CT molecular complexity index is 560. The van der Waals surface area contributed by atoms with Gasteiger partial charge in [0.2, 0.25) is 0 Å². The molecular weight excluding hydrogens is 228 g/mol. The van der Waals surface area contributed by atoms with Gasteiger partial charge in [-0.2, -0.15) is 10.4 Å². The molecule has 1 aromatic heterocycles. The number of ether oxygens (including phenoxy) is 1. The highest BCUT2D eigenvalue weighted by Crippen LogP contribution is 2.21. The Morgan fingerprint density at radius 3 is 2.72 bits per heavy atom. The highest BCUT2D eigenvalue weighted by molar-refractivity contribution is 5.39. The standard InChI is InChI=1S/C13H12N4O/c1-15-9-10-2-4-12(5-3-10)18-13-11(8-14)6-7-16-17-13/h2-7,15H,9H2,1H3. The van der Waals surface area contributed by atoms with Crippen molar-refractivity contribution in [1.82, 2.24) is 15.5 Å². The van der Waals surface area contributed by atoms with Crippen molar-refractivity contribution in [3.63, 3.8) is 0 Å². The van der Waals surface area contributed by atoms with E-state index >= 15 is 0 Å². The second-order valence-corrected chi connectivity index (χ2v) is 3.64. The van der Waals surface area contributed by atoms with E-state index in [4.69, 9.17) is 10.00 Å². The van der Waals surface area contributed by atoms with E-state index in [0.29, 0.717) is 11.3 Å². The second-order valence-electron chi connectivity index (χ2n) is 3.64. The Balaban J connectivity index is 2.16. The SMILES string of the molecule is CNCc1ccc(Oc2nnccc2C#N)cc1. The lowest BCUT2D eigenvalue weighted by Gasteiger charge is -2.06. The highest BCUT2D eigenvalue weighted by Gasteiger charge is 2.05. The van der Waals surface area contributed by atoms with Crippen LogP contribution in [0.5, 0.6) is 11.6 Å². The number of nitriles is 1. The zero-order valence-electron chi connectivity index (χ0n) is 9.92. The largest absolute Gasteiger partial charge is 0.437 e. The van der Waals surface area contributed by atoms with Crippen molar-refractivity contribution in [3.8, 4) is 17.7 Å². The third kappa shape index (κ3) is 2.81. The van der Waals surface area contributed by atoms with Crippen molar-refractivity contribution >= 4 is 0 Å². The van der Waals surface area contributed by atoms with Gasteiger partial charge in [-0.15, -0.1) is 5.10 Å². The van der Waals surface area contributed by atoms with E-state index in [-0.39, 0.29) is 5.88 Å². The molecule has 0 saturated heterocycles. The van der Waals surface area contributed by atoms with Crippen molar-refractivity contribution in [2.24, 2.45) is 0 Å². The monoisotopic (exact) mass is 240 g/mol. The van der Waals surface area contributed by atoms with Gasteiger partial charge < -0.3 is 10.1 Å². The minimum Gasteiger partial charge on any atom is -0.437 e. The van der Waals surface area contributed by atoms with Crippen LogP contribution in [0.2, 0.25) is 0 Å². The van der Waals surface area contributed by atoms with Gasteiger partial charge in [-0.3, -0.25) is 0 Å². The summed E-state index contributed by atoms with van der Waals surface area (Å²) in [5.74, 6) is 0.855. The first kappa shape index (κ1) is 12.0. The number of nitrogens with zero attached hydrogens (tertiary/aromatic N) is 3.